The molecule has 0 aliphatic carbocycles. The van der Waals surface area contributed by atoms with Gasteiger partial charge in [-0.1, -0.05) is 13.8 Å². The van der Waals surface area contributed by atoms with Crippen LogP contribution in [0.25, 0.3) is 0 Å². The van der Waals surface area contributed by atoms with Crippen LogP contribution in [0.5, 0.6) is 0 Å². The zero-order chi connectivity index (χ0) is 12.9. The van der Waals surface area contributed by atoms with Crippen molar-refractivity contribution in [2.45, 2.75) is 26.9 Å². The highest BCUT2D eigenvalue weighted by atomic mass is 16.5. The van der Waals surface area contributed by atoms with Crippen molar-refractivity contribution in [1.29, 1.82) is 0 Å². The summed E-state index contributed by atoms with van der Waals surface area (Å²) in [5.41, 5.74) is 6.02. The molecule has 100 valence electrons. The first-order valence-electron chi connectivity index (χ1n) is 6.10. The van der Waals surface area contributed by atoms with E-state index in [4.69, 9.17) is 15.2 Å². The van der Waals surface area contributed by atoms with E-state index in [0.717, 1.165) is 19.7 Å². The highest BCUT2D eigenvalue weighted by Crippen LogP contribution is 2.15. The van der Waals surface area contributed by atoms with Gasteiger partial charge in [0.15, 0.2) is 5.96 Å². The number of morpholine rings is 1. The summed E-state index contributed by atoms with van der Waals surface area (Å²) in [5.74, 6) is 0.615. The summed E-state index contributed by atoms with van der Waals surface area (Å²) in [6.07, 6.45) is 0.226. The van der Waals surface area contributed by atoms with E-state index in [1.165, 1.54) is 0 Å². The average molecular weight is 243 g/mol. The fourth-order valence-corrected chi connectivity index (χ4v) is 1.86. The van der Waals surface area contributed by atoms with Crippen LogP contribution in [0.3, 0.4) is 0 Å². The number of methoxy groups -OCH3 is 1. The van der Waals surface area contributed by atoms with Crippen LogP contribution in [-0.2, 0) is 9.47 Å². The molecule has 1 atom stereocenters. The minimum atomic E-state index is 0.0251. The molecule has 0 saturated carbocycles. The number of guanidine groups is 1. The minimum absolute atomic E-state index is 0.0251. The zero-order valence-corrected chi connectivity index (χ0v) is 11.4. The lowest BCUT2D eigenvalue weighted by Crippen LogP contribution is -2.48. The Morgan fingerprint density at radius 3 is 2.88 bits per heavy atom. The van der Waals surface area contributed by atoms with Gasteiger partial charge in [-0.05, 0) is 6.92 Å². The highest BCUT2D eigenvalue weighted by Gasteiger charge is 2.20. The molecular weight excluding hydrogens is 218 g/mol. The Morgan fingerprint density at radius 1 is 1.59 bits per heavy atom. The van der Waals surface area contributed by atoms with Gasteiger partial charge in [-0.3, -0.25) is 4.99 Å². The normalized spacial score (nSPS) is 22.9. The quantitative estimate of drug-likeness (QED) is 0.583. The molecule has 0 aromatic rings. The van der Waals surface area contributed by atoms with Crippen LogP contribution in [0.4, 0.5) is 0 Å². The van der Waals surface area contributed by atoms with Gasteiger partial charge in [0.2, 0.25) is 0 Å². The van der Waals surface area contributed by atoms with Crippen molar-refractivity contribution in [2.75, 3.05) is 40.0 Å². The second kappa shape index (κ2) is 6.21. The molecule has 1 fully saturated rings. The van der Waals surface area contributed by atoms with Gasteiger partial charge in [-0.25, -0.2) is 0 Å². The topological polar surface area (TPSA) is 60.1 Å². The van der Waals surface area contributed by atoms with E-state index >= 15 is 0 Å². The van der Waals surface area contributed by atoms with Gasteiger partial charge in [0, 0.05) is 25.6 Å². The van der Waals surface area contributed by atoms with E-state index in [1.807, 2.05) is 6.92 Å². The summed E-state index contributed by atoms with van der Waals surface area (Å²) >= 11 is 0. The summed E-state index contributed by atoms with van der Waals surface area (Å²) in [4.78, 5) is 6.54. The van der Waals surface area contributed by atoms with E-state index in [2.05, 4.69) is 23.7 Å². The van der Waals surface area contributed by atoms with Gasteiger partial charge in [-0.2, -0.15) is 0 Å². The van der Waals surface area contributed by atoms with Crippen molar-refractivity contribution >= 4 is 5.96 Å². The Balaban J connectivity index is 2.48. The molecule has 5 nitrogen and oxygen atoms in total. The SMILES string of the molecule is COCC(C)(C)CN=C(N)N1CCOC(C)C1. The Hall–Kier alpha value is -0.810. The second-order valence-corrected chi connectivity index (χ2v) is 5.40. The van der Waals surface area contributed by atoms with Gasteiger partial charge in [0.05, 0.1) is 25.9 Å². The largest absolute Gasteiger partial charge is 0.384 e. The highest BCUT2D eigenvalue weighted by molar-refractivity contribution is 5.78. The van der Waals surface area contributed by atoms with Crippen molar-refractivity contribution in [3.05, 3.63) is 0 Å². The van der Waals surface area contributed by atoms with E-state index in [0.29, 0.717) is 19.1 Å². The maximum Gasteiger partial charge on any atom is 0.191 e. The third-order valence-electron chi connectivity index (χ3n) is 2.77. The summed E-state index contributed by atoms with van der Waals surface area (Å²) in [6.45, 7) is 10.0. The van der Waals surface area contributed by atoms with E-state index in [1.54, 1.807) is 7.11 Å². The average Bonchev–Trinajstić information content (AvgIpc) is 2.26. The lowest BCUT2D eigenvalue weighted by Gasteiger charge is -2.32. The van der Waals surface area contributed by atoms with Gasteiger partial charge in [0.1, 0.15) is 0 Å². The van der Waals surface area contributed by atoms with E-state index in [-0.39, 0.29) is 11.5 Å². The predicted octanol–water partition coefficient (Wildman–Crippen LogP) is 0.694. The van der Waals surface area contributed by atoms with Crippen LogP contribution in [0, 0.1) is 5.41 Å². The van der Waals surface area contributed by atoms with E-state index < -0.39 is 0 Å². The van der Waals surface area contributed by atoms with Crippen LogP contribution < -0.4 is 5.73 Å². The van der Waals surface area contributed by atoms with Gasteiger partial charge < -0.3 is 20.1 Å². The Kier molecular flexibility index (Phi) is 5.21. The predicted molar refractivity (Wildman–Crippen MR) is 69.1 cm³/mol. The summed E-state index contributed by atoms with van der Waals surface area (Å²) in [6, 6.07) is 0. The van der Waals surface area contributed by atoms with Crippen LogP contribution in [0.15, 0.2) is 4.99 Å². The lowest BCUT2D eigenvalue weighted by molar-refractivity contribution is 0.00518. The third kappa shape index (κ3) is 4.91. The smallest absolute Gasteiger partial charge is 0.191 e. The van der Waals surface area contributed by atoms with Gasteiger partial charge in [0.25, 0.3) is 0 Å². The number of hydrogen-bond donors (Lipinski definition) is 1. The second-order valence-electron chi connectivity index (χ2n) is 5.40. The fraction of sp³-hybridized carbons (Fsp3) is 0.917. The standard InChI is InChI=1S/C12H25N3O2/c1-10-7-15(5-6-17-10)11(13)14-8-12(2,3)9-16-4/h10H,5-9H2,1-4H3,(H2,13,14). The molecule has 0 aromatic carbocycles. The van der Waals surface area contributed by atoms with Crippen molar-refractivity contribution in [3.63, 3.8) is 0 Å². The van der Waals surface area contributed by atoms with Gasteiger partial charge >= 0.3 is 0 Å². The molecule has 1 heterocycles. The molecule has 1 aliphatic rings. The van der Waals surface area contributed by atoms with Crippen molar-refractivity contribution < 1.29 is 9.47 Å². The van der Waals surface area contributed by atoms with Crippen molar-refractivity contribution in [3.8, 4) is 0 Å². The molecular formula is C12H25N3O2. The molecule has 0 amide bonds. The summed E-state index contributed by atoms with van der Waals surface area (Å²) < 4.78 is 10.6. The number of nitrogens with two attached hydrogens (primary N) is 1. The van der Waals surface area contributed by atoms with E-state index in [9.17, 15) is 0 Å². The number of aliphatic imine (C=N–C) groups is 1. The molecule has 0 aromatic heterocycles. The summed E-state index contributed by atoms with van der Waals surface area (Å²) in [5, 5.41) is 0. The number of rotatable bonds is 4. The van der Waals surface area contributed by atoms with Crippen molar-refractivity contribution in [1.82, 2.24) is 4.90 Å². The maximum absolute atomic E-state index is 5.99. The molecule has 1 aliphatic heterocycles. The minimum Gasteiger partial charge on any atom is -0.384 e. The van der Waals surface area contributed by atoms with Crippen LogP contribution in [-0.4, -0.2) is 56.9 Å². The monoisotopic (exact) mass is 243 g/mol. The third-order valence-corrected chi connectivity index (χ3v) is 2.77. The molecule has 17 heavy (non-hydrogen) atoms. The fourth-order valence-electron chi connectivity index (χ4n) is 1.86. The number of ether oxygens (including phenoxy) is 2. The van der Waals surface area contributed by atoms with Crippen LogP contribution in [0.1, 0.15) is 20.8 Å². The number of nitrogens with zero attached hydrogens (tertiary/aromatic N) is 2. The first kappa shape index (κ1) is 14.3. The Labute approximate surface area is 104 Å². The molecule has 2 N–H and O–H groups in total. The number of hydrogen-bond acceptors (Lipinski definition) is 3. The molecule has 0 radical (unpaired) electrons. The first-order chi connectivity index (χ1) is 7.94. The van der Waals surface area contributed by atoms with Crippen molar-refractivity contribution in [2.24, 2.45) is 16.1 Å². The molecule has 0 bridgehead atoms. The molecule has 1 saturated heterocycles. The summed E-state index contributed by atoms with van der Waals surface area (Å²) in [7, 11) is 1.71. The zero-order valence-electron chi connectivity index (χ0n) is 11.4. The maximum atomic E-state index is 5.99. The first-order valence-corrected chi connectivity index (χ1v) is 6.10. The van der Waals surface area contributed by atoms with Gasteiger partial charge in [-0.15, -0.1) is 0 Å². The molecule has 0 spiro atoms. The lowest BCUT2D eigenvalue weighted by atomic mass is 9.95. The molecule has 1 rings (SSSR count). The van der Waals surface area contributed by atoms with Crippen LogP contribution in [0.2, 0.25) is 0 Å². The molecule has 1 unspecified atom stereocenters. The Morgan fingerprint density at radius 2 is 2.29 bits per heavy atom. The van der Waals surface area contributed by atoms with Crippen LogP contribution >= 0.6 is 0 Å². The molecule has 5 heteroatoms. The Bertz CT molecular complexity index is 266.